The molecular weight excluding hydrogens is 215 g/mol. The van der Waals surface area contributed by atoms with E-state index in [9.17, 15) is 9.36 Å². The van der Waals surface area contributed by atoms with Crippen LogP contribution in [0.1, 0.15) is 0 Å². The average molecular weight is 226 g/mol. The second-order valence-corrected chi connectivity index (χ2v) is 3.75. The van der Waals surface area contributed by atoms with E-state index in [1.807, 2.05) is 0 Å². The molecule has 0 saturated heterocycles. The van der Waals surface area contributed by atoms with Crippen molar-refractivity contribution >= 4 is 13.6 Å². The number of rotatable bonds is 6. The Hall–Kier alpha value is -0.720. The van der Waals surface area contributed by atoms with Gasteiger partial charge in [0.15, 0.2) is 0 Å². The summed E-state index contributed by atoms with van der Waals surface area (Å²) in [5.41, 5.74) is 0. The first-order valence-corrected chi connectivity index (χ1v) is 4.88. The number of hydrogen-bond acceptors (Lipinski definition) is 7. The van der Waals surface area contributed by atoms with E-state index in [4.69, 9.17) is 0 Å². The zero-order valence-electron chi connectivity index (χ0n) is 8.01. The van der Waals surface area contributed by atoms with Gasteiger partial charge in [0.05, 0.1) is 21.3 Å². The molecule has 0 unspecified atom stereocenters. The van der Waals surface area contributed by atoms with Crippen molar-refractivity contribution in [3.63, 3.8) is 0 Å². The van der Waals surface area contributed by atoms with Gasteiger partial charge in [-0.3, -0.25) is 0 Å². The van der Waals surface area contributed by atoms with Crippen molar-refractivity contribution in [2.45, 2.75) is 0 Å². The van der Waals surface area contributed by atoms with E-state index in [-0.39, 0.29) is 0 Å². The van der Waals surface area contributed by atoms with Gasteiger partial charge in [-0.15, -0.1) is 9.35 Å². The molecule has 8 heteroatoms. The van der Waals surface area contributed by atoms with Crippen molar-refractivity contribution in [2.75, 3.05) is 21.3 Å². The molecule has 0 aromatic rings. The molecule has 0 aliphatic rings. The van der Waals surface area contributed by atoms with E-state index in [2.05, 4.69) is 30.4 Å². The summed E-state index contributed by atoms with van der Waals surface area (Å²) in [6.07, 6.45) is 0. The molecule has 0 amide bonds. The van der Waals surface area contributed by atoms with Gasteiger partial charge < -0.3 is 4.74 Å². The molecule has 7 nitrogen and oxygen atoms in total. The van der Waals surface area contributed by atoms with E-state index >= 15 is 0 Å². The molecule has 0 radical (unpaired) electrons. The largest absolute Gasteiger partial charge is 0.465 e. The Morgan fingerprint density at radius 1 is 1.14 bits per heavy atom. The van der Waals surface area contributed by atoms with E-state index in [0.29, 0.717) is 0 Å². The quantitative estimate of drug-likeness (QED) is 0.220. The lowest BCUT2D eigenvalue weighted by Gasteiger charge is -2.13. The molecule has 0 N–H and O–H groups in total. The molecule has 0 aliphatic heterocycles. The maximum atomic E-state index is 11.6. The number of carbonyl (C=O) groups is 1. The van der Waals surface area contributed by atoms with Crippen LogP contribution in [0.15, 0.2) is 11.9 Å². The lowest BCUT2D eigenvalue weighted by Crippen LogP contribution is -2.08. The Bertz CT molecular complexity index is 251. The fourth-order valence-corrected chi connectivity index (χ4v) is 1.44. The van der Waals surface area contributed by atoms with Crippen LogP contribution in [0.2, 0.25) is 0 Å². The van der Waals surface area contributed by atoms with Gasteiger partial charge >= 0.3 is 13.6 Å². The molecule has 0 aromatic carbocycles. The van der Waals surface area contributed by atoms with Crippen LogP contribution in [0.3, 0.4) is 0 Å². The molecule has 0 bridgehead atoms. The topological polar surface area (TPSA) is 80.3 Å². The number of hydrogen-bond donors (Lipinski definition) is 0. The molecule has 0 spiro atoms. The zero-order valence-corrected chi connectivity index (χ0v) is 8.91. The molecule has 0 aromatic heterocycles. The summed E-state index contributed by atoms with van der Waals surface area (Å²) in [4.78, 5) is 19.2. The molecule has 0 aliphatic carbocycles. The number of methoxy groups -OCH3 is 1. The first kappa shape index (κ1) is 13.3. The first-order chi connectivity index (χ1) is 6.51. The van der Waals surface area contributed by atoms with Crippen molar-refractivity contribution in [3.05, 3.63) is 11.9 Å². The van der Waals surface area contributed by atoms with Gasteiger partial charge in [0.1, 0.15) is 5.31 Å². The molecule has 0 atom stereocenters. The Balaban J connectivity index is 4.73. The van der Waals surface area contributed by atoms with Gasteiger partial charge in [0.25, 0.3) is 0 Å². The lowest BCUT2D eigenvalue weighted by atomic mass is 10.6. The van der Waals surface area contributed by atoms with Gasteiger partial charge in [-0.05, 0) is 0 Å². The van der Waals surface area contributed by atoms with Crippen LogP contribution in [0.5, 0.6) is 0 Å². The van der Waals surface area contributed by atoms with Crippen LogP contribution in [-0.2, 0) is 33.2 Å². The normalized spacial score (nSPS) is 11.1. The summed E-state index contributed by atoms with van der Waals surface area (Å²) in [6, 6.07) is 0. The van der Waals surface area contributed by atoms with E-state index in [1.54, 1.807) is 0 Å². The van der Waals surface area contributed by atoms with Crippen LogP contribution in [0, 0.1) is 0 Å². The Morgan fingerprint density at radius 2 is 1.57 bits per heavy atom. The monoisotopic (exact) mass is 226 g/mol. The Kier molecular flexibility index (Phi) is 5.59. The zero-order chi connectivity index (χ0) is 11.2. The van der Waals surface area contributed by atoms with Crippen molar-refractivity contribution in [1.82, 2.24) is 0 Å². The number of ether oxygens (including phenoxy) is 1. The van der Waals surface area contributed by atoms with Crippen LogP contribution < -0.4 is 0 Å². The van der Waals surface area contributed by atoms with Crippen LogP contribution >= 0.6 is 7.60 Å². The van der Waals surface area contributed by atoms with Gasteiger partial charge in [0, 0.05) is 0 Å². The highest BCUT2D eigenvalue weighted by molar-refractivity contribution is 7.59. The predicted octanol–water partition coefficient (Wildman–Crippen LogP) is 1.02. The fraction of sp³-hybridized carbons (Fsp3) is 0.500. The first-order valence-electron chi connectivity index (χ1n) is 3.34. The smallest absolute Gasteiger partial charge is 0.421 e. The van der Waals surface area contributed by atoms with Gasteiger partial charge in [0.2, 0.25) is 0 Å². The van der Waals surface area contributed by atoms with Gasteiger partial charge in [-0.1, -0.05) is 6.58 Å². The summed E-state index contributed by atoms with van der Waals surface area (Å²) in [5, 5.41) is -0.524. The van der Waals surface area contributed by atoms with E-state index in [1.165, 1.54) is 0 Å². The maximum Gasteiger partial charge on any atom is 0.421 e. The Labute approximate surface area is 80.9 Å². The third-order valence-corrected chi connectivity index (χ3v) is 2.63. The molecule has 82 valence electrons. The van der Waals surface area contributed by atoms with Gasteiger partial charge in [-0.25, -0.2) is 19.1 Å². The molecule has 0 rings (SSSR count). The highest BCUT2D eigenvalue weighted by Crippen LogP contribution is 2.55. The highest BCUT2D eigenvalue weighted by Gasteiger charge is 2.37. The molecule has 14 heavy (non-hydrogen) atoms. The number of esters is 1. The Morgan fingerprint density at radius 3 is 1.86 bits per heavy atom. The van der Waals surface area contributed by atoms with Crippen molar-refractivity contribution < 1.29 is 33.2 Å². The minimum absolute atomic E-state index is 0.524. The van der Waals surface area contributed by atoms with Crippen molar-refractivity contribution in [2.24, 2.45) is 0 Å². The summed E-state index contributed by atoms with van der Waals surface area (Å²) in [7, 11) is -0.715. The highest BCUT2D eigenvalue weighted by atomic mass is 31.2. The molecule has 0 fully saturated rings. The fourth-order valence-electron chi connectivity index (χ4n) is 0.528. The van der Waals surface area contributed by atoms with Crippen molar-refractivity contribution in [3.8, 4) is 0 Å². The third-order valence-electron chi connectivity index (χ3n) is 1.10. The van der Waals surface area contributed by atoms with E-state index in [0.717, 1.165) is 21.3 Å². The third kappa shape index (κ3) is 3.21. The average Bonchev–Trinajstić information content (AvgIpc) is 2.16. The second kappa shape index (κ2) is 5.90. The van der Waals surface area contributed by atoms with Crippen LogP contribution in [-0.4, -0.2) is 27.3 Å². The predicted molar refractivity (Wildman–Crippen MR) is 45.0 cm³/mol. The summed E-state index contributed by atoms with van der Waals surface area (Å²) < 4.78 is 24.4. The van der Waals surface area contributed by atoms with Crippen LogP contribution in [0.4, 0.5) is 0 Å². The number of carbonyl (C=O) groups excluding carboxylic acids is 1. The second-order valence-electron chi connectivity index (χ2n) is 1.92. The summed E-state index contributed by atoms with van der Waals surface area (Å²) in [5.74, 6) is -0.942. The minimum atomic E-state index is -4.00. The maximum absolute atomic E-state index is 11.6. The molecule has 0 saturated carbocycles. The van der Waals surface area contributed by atoms with Crippen molar-refractivity contribution in [1.29, 1.82) is 0 Å². The summed E-state index contributed by atoms with van der Waals surface area (Å²) >= 11 is 0. The van der Waals surface area contributed by atoms with E-state index < -0.39 is 18.9 Å². The molecule has 0 heterocycles. The minimum Gasteiger partial charge on any atom is -0.465 e. The van der Waals surface area contributed by atoms with Gasteiger partial charge in [-0.2, -0.15) is 0 Å². The summed E-state index contributed by atoms with van der Waals surface area (Å²) in [6.45, 7) is 3.19. The van der Waals surface area contributed by atoms with Crippen LogP contribution in [0.25, 0.3) is 0 Å². The standard InChI is InChI=1S/C6H11O7P/c1-5(6(7)9-2)14(8,12-10-3)13-11-4/h1H2,2-4H3. The SMILES string of the molecule is C=C(C(=O)OC)P(=O)(OOC)OOC. The lowest BCUT2D eigenvalue weighted by molar-refractivity contribution is -0.240. The molecular formula is C6H11O7P.